The first kappa shape index (κ1) is 13.3. The molecule has 5 heteroatoms. The zero-order chi connectivity index (χ0) is 15.0. The van der Waals surface area contributed by atoms with E-state index < -0.39 is 11.0 Å². The van der Waals surface area contributed by atoms with Crippen LogP contribution in [0.3, 0.4) is 0 Å². The number of furan rings is 1. The molecule has 0 aliphatic heterocycles. The molecule has 1 aromatic heterocycles. The molecule has 0 saturated carbocycles. The summed E-state index contributed by atoms with van der Waals surface area (Å²) in [6.45, 7) is 1.71. The van der Waals surface area contributed by atoms with Crippen molar-refractivity contribution < 1.29 is 14.4 Å². The molecule has 0 fully saturated rings. The van der Waals surface area contributed by atoms with Crippen LogP contribution in [0, 0.1) is 10.1 Å². The minimum atomic E-state index is -0.535. The van der Waals surface area contributed by atoms with Crippen molar-refractivity contribution in [3.05, 3.63) is 64.2 Å². The van der Waals surface area contributed by atoms with Gasteiger partial charge in [0.1, 0.15) is 11.3 Å². The molecule has 106 valence electrons. The Hall–Kier alpha value is -2.66. The lowest BCUT2D eigenvalue weighted by Gasteiger charge is -2.02. The zero-order valence-electron chi connectivity index (χ0n) is 11.3. The molecule has 0 aliphatic carbocycles. The molecule has 0 bridgehead atoms. The second kappa shape index (κ2) is 5.03. The van der Waals surface area contributed by atoms with Crippen molar-refractivity contribution in [2.24, 2.45) is 0 Å². The summed E-state index contributed by atoms with van der Waals surface area (Å²) < 4.78 is 5.74. The molecule has 1 heterocycles. The molecular weight excluding hydrogens is 270 g/mol. The third kappa shape index (κ3) is 2.51. The Morgan fingerprint density at radius 2 is 1.86 bits per heavy atom. The van der Waals surface area contributed by atoms with Crippen LogP contribution in [0.25, 0.3) is 22.3 Å². The smallest absolute Gasteiger partial charge is 0.269 e. The molecule has 1 unspecified atom stereocenters. The van der Waals surface area contributed by atoms with Gasteiger partial charge < -0.3 is 9.52 Å². The molecule has 1 N–H and O–H groups in total. The van der Waals surface area contributed by atoms with Gasteiger partial charge in [-0.1, -0.05) is 6.07 Å². The van der Waals surface area contributed by atoms with Gasteiger partial charge in [-0.15, -0.1) is 0 Å². The van der Waals surface area contributed by atoms with Gasteiger partial charge in [-0.3, -0.25) is 10.1 Å². The number of non-ortho nitro benzene ring substituents is 1. The number of nitro groups is 1. The lowest BCUT2D eigenvalue weighted by Crippen LogP contribution is -1.88. The Bertz CT molecular complexity index is 803. The first-order chi connectivity index (χ1) is 10.0. The second-order valence-corrected chi connectivity index (χ2v) is 4.89. The molecule has 0 spiro atoms. The van der Waals surface area contributed by atoms with E-state index in [4.69, 9.17) is 4.42 Å². The van der Waals surface area contributed by atoms with Crippen LogP contribution in [0.5, 0.6) is 0 Å². The van der Waals surface area contributed by atoms with Gasteiger partial charge in [0.15, 0.2) is 0 Å². The van der Waals surface area contributed by atoms with Crippen molar-refractivity contribution in [3.8, 4) is 11.3 Å². The average molecular weight is 283 g/mol. The third-order valence-corrected chi connectivity index (χ3v) is 3.39. The molecule has 21 heavy (non-hydrogen) atoms. The highest BCUT2D eigenvalue weighted by Gasteiger charge is 2.10. The number of aliphatic hydroxyl groups excluding tert-OH is 1. The number of nitrogens with zero attached hydrogens (tertiary/aromatic N) is 1. The second-order valence-electron chi connectivity index (χ2n) is 4.89. The molecule has 0 aliphatic rings. The normalized spacial score (nSPS) is 12.5. The van der Waals surface area contributed by atoms with Gasteiger partial charge >= 0.3 is 0 Å². The number of nitro benzene ring substituents is 1. The van der Waals surface area contributed by atoms with Crippen molar-refractivity contribution in [1.29, 1.82) is 0 Å². The number of rotatable bonds is 3. The summed E-state index contributed by atoms with van der Waals surface area (Å²) in [6, 6.07) is 13.6. The zero-order valence-corrected chi connectivity index (χ0v) is 11.3. The monoisotopic (exact) mass is 283 g/mol. The Morgan fingerprint density at radius 3 is 2.48 bits per heavy atom. The van der Waals surface area contributed by atoms with Gasteiger partial charge in [-0.2, -0.15) is 0 Å². The summed E-state index contributed by atoms with van der Waals surface area (Å²) in [4.78, 5) is 10.2. The Morgan fingerprint density at radius 1 is 1.14 bits per heavy atom. The summed E-state index contributed by atoms with van der Waals surface area (Å²) in [7, 11) is 0. The minimum absolute atomic E-state index is 0.0475. The van der Waals surface area contributed by atoms with E-state index in [1.165, 1.54) is 12.1 Å². The van der Waals surface area contributed by atoms with Crippen LogP contribution in [0.2, 0.25) is 0 Å². The van der Waals surface area contributed by atoms with Gasteiger partial charge in [-0.25, -0.2) is 0 Å². The Balaban J connectivity index is 2.02. The van der Waals surface area contributed by atoms with Gasteiger partial charge in [0, 0.05) is 23.1 Å². The maximum Gasteiger partial charge on any atom is 0.269 e. The first-order valence-corrected chi connectivity index (χ1v) is 6.51. The Labute approximate surface area is 120 Å². The number of hydrogen-bond acceptors (Lipinski definition) is 4. The number of fused-ring (bicyclic) bond motifs is 1. The van der Waals surface area contributed by atoms with Crippen LogP contribution < -0.4 is 0 Å². The molecule has 3 rings (SSSR count). The number of hydrogen-bond donors (Lipinski definition) is 1. The van der Waals surface area contributed by atoms with Crippen molar-refractivity contribution in [1.82, 2.24) is 0 Å². The molecule has 3 aromatic rings. The standard InChI is InChI=1S/C16H13NO4/c1-10(18)12-4-7-15-13(8-12)9-16(21-15)11-2-5-14(6-3-11)17(19)20/h2-10,18H,1H3. The number of benzene rings is 2. The van der Waals surface area contributed by atoms with Crippen molar-refractivity contribution >= 4 is 16.7 Å². The maximum absolute atomic E-state index is 10.6. The molecule has 0 amide bonds. The highest BCUT2D eigenvalue weighted by Crippen LogP contribution is 2.30. The van der Waals surface area contributed by atoms with Crippen LogP contribution >= 0.6 is 0 Å². The topological polar surface area (TPSA) is 76.5 Å². The highest BCUT2D eigenvalue weighted by atomic mass is 16.6. The van der Waals surface area contributed by atoms with Gasteiger partial charge in [-0.05, 0) is 42.8 Å². The summed E-state index contributed by atoms with van der Waals surface area (Å²) in [5.41, 5.74) is 2.35. The summed E-state index contributed by atoms with van der Waals surface area (Å²) >= 11 is 0. The van der Waals surface area contributed by atoms with Crippen LogP contribution in [0.15, 0.2) is 52.9 Å². The van der Waals surface area contributed by atoms with Crippen molar-refractivity contribution in [3.63, 3.8) is 0 Å². The summed E-state index contributed by atoms with van der Waals surface area (Å²) in [5.74, 6) is 0.641. The fourth-order valence-electron chi connectivity index (χ4n) is 2.21. The van der Waals surface area contributed by atoms with Gasteiger partial charge in [0.05, 0.1) is 11.0 Å². The lowest BCUT2D eigenvalue weighted by molar-refractivity contribution is -0.384. The van der Waals surface area contributed by atoms with Crippen molar-refractivity contribution in [2.45, 2.75) is 13.0 Å². The maximum atomic E-state index is 10.6. The van der Waals surface area contributed by atoms with E-state index in [0.717, 1.165) is 16.5 Å². The fourth-order valence-corrected chi connectivity index (χ4v) is 2.21. The fraction of sp³-hybridized carbons (Fsp3) is 0.125. The van der Waals surface area contributed by atoms with E-state index in [-0.39, 0.29) is 5.69 Å². The molecular formula is C16H13NO4. The molecule has 2 aromatic carbocycles. The Kier molecular flexibility index (Phi) is 3.19. The summed E-state index contributed by atoms with van der Waals surface area (Å²) in [6.07, 6.45) is -0.535. The molecule has 0 radical (unpaired) electrons. The van der Waals surface area contributed by atoms with E-state index in [1.807, 2.05) is 24.3 Å². The van der Waals surface area contributed by atoms with Crippen LogP contribution in [-0.4, -0.2) is 10.0 Å². The molecule has 5 nitrogen and oxygen atoms in total. The lowest BCUT2D eigenvalue weighted by atomic mass is 10.1. The van der Waals surface area contributed by atoms with E-state index in [9.17, 15) is 15.2 Å². The van der Waals surface area contributed by atoms with Crippen LogP contribution in [0.4, 0.5) is 5.69 Å². The average Bonchev–Trinajstić information content (AvgIpc) is 2.90. The van der Waals surface area contributed by atoms with Crippen LogP contribution in [-0.2, 0) is 0 Å². The summed E-state index contributed by atoms with van der Waals surface area (Å²) in [5, 5.41) is 21.1. The van der Waals surface area contributed by atoms with E-state index in [2.05, 4.69) is 0 Å². The van der Waals surface area contributed by atoms with Gasteiger partial charge in [0.2, 0.25) is 0 Å². The predicted molar refractivity (Wildman–Crippen MR) is 78.9 cm³/mol. The van der Waals surface area contributed by atoms with E-state index in [1.54, 1.807) is 19.1 Å². The van der Waals surface area contributed by atoms with Crippen LogP contribution in [0.1, 0.15) is 18.6 Å². The minimum Gasteiger partial charge on any atom is -0.456 e. The van der Waals surface area contributed by atoms with E-state index >= 15 is 0 Å². The van der Waals surface area contributed by atoms with Gasteiger partial charge in [0.25, 0.3) is 5.69 Å². The van der Waals surface area contributed by atoms with E-state index in [0.29, 0.717) is 11.3 Å². The predicted octanol–water partition coefficient (Wildman–Crippen LogP) is 4.06. The van der Waals surface area contributed by atoms with Crippen molar-refractivity contribution in [2.75, 3.05) is 0 Å². The molecule has 1 atom stereocenters. The number of aliphatic hydroxyl groups is 1. The highest BCUT2D eigenvalue weighted by molar-refractivity contribution is 5.83. The largest absolute Gasteiger partial charge is 0.456 e. The first-order valence-electron chi connectivity index (χ1n) is 6.51. The quantitative estimate of drug-likeness (QED) is 0.581. The SMILES string of the molecule is CC(O)c1ccc2oc(-c3ccc([N+](=O)[O-])cc3)cc2c1. The third-order valence-electron chi connectivity index (χ3n) is 3.39. The molecule has 0 saturated heterocycles.